The van der Waals surface area contributed by atoms with Crippen LogP contribution in [-0.2, 0) is 9.59 Å². The molecule has 4 heteroatoms. The van der Waals surface area contributed by atoms with E-state index < -0.39 is 5.54 Å². The number of carbonyl (C=O) groups is 2. The maximum absolute atomic E-state index is 12.3. The fourth-order valence-electron chi connectivity index (χ4n) is 3.53. The van der Waals surface area contributed by atoms with Gasteiger partial charge in [0.05, 0.1) is 11.8 Å². The molecule has 1 aliphatic heterocycles. The first kappa shape index (κ1) is 11.0. The summed E-state index contributed by atoms with van der Waals surface area (Å²) in [5, 5.41) is 0. The molecule has 4 atom stereocenters. The largest absolute Gasteiger partial charge is 0.324 e. The quantitative estimate of drug-likeness (QED) is 0.560. The Morgan fingerprint density at radius 3 is 2.12 bits per heavy atom. The number of amides is 2. The van der Waals surface area contributed by atoms with E-state index in [2.05, 4.69) is 12.2 Å². The van der Waals surface area contributed by atoms with Crippen molar-refractivity contribution in [2.75, 3.05) is 6.54 Å². The van der Waals surface area contributed by atoms with Crippen LogP contribution < -0.4 is 5.73 Å². The smallest absolute Gasteiger partial charge is 0.233 e. The van der Waals surface area contributed by atoms with E-state index in [1.54, 1.807) is 0 Å². The van der Waals surface area contributed by atoms with Crippen molar-refractivity contribution in [3.63, 3.8) is 0 Å². The third-order valence-corrected chi connectivity index (χ3v) is 4.13. The Morgan fingerprint density at radius 1 is 1.24 bits per heavy atom. The molecule has 0 spiro atoms. The lowest BCUT2D eigenvalue weighted by Crippen LogP contribution is -2.48. The second kappa shape index (κ2) is 3.19. The zero-order valence-electron chi connectivity index (χ0n) is 10.2. The Balaban J connectivity index is 1.88. The number of likely N-dealkylation sites (tertiary alicyclic amines) is 1. The monoisotopic (exact) mass is 234 g/mol. The summed E-state index contributed by atoms with van der Waals surface area (Å²) in [5.74, 6) is 0.366. The molecule has 1 heterocycles. The van der Waals surface area contributed by atoms with E-state index in [4.69, 9.17) is 5.73 Å². The van der Waals surface area contributed by atoms with Gasteiger partial charge in [-0.1, -0.05) is 12.2 Å². The van der Waals surface area contributed by atoms with Gasteiger partial charge in [-0.15, -0.1) is 0 Å². The molecule has 1 saturated carbocycles. The molecule has 0 aromatic heterocycles. The fourth-order valence-corrected chi connectivity index (χ4v) is 3.53. The number of allylic oxidation sites excluding steroid dienone is 2. The van der Waals surface area contributed by atoms with Gasteiger partial charge in [-0.25, -0.2) is 0 Å². The summed E-state index contributed by atoms with van der Waals surface area (Å²) in [6.07, 6.45) is 5.19. The van der Waals surface area contributed by atoms with Crippen molar-refractivity contribution < 1.29 is 9.59 Å². The third kappa shape index (κ3) is 1.47. The predicted octanol–water partition coefficient (Wildman–Crippen LogP) is 0.531. The molecule has 4 nitrogen and oxygen atoms in total. The first-order chi connectivity index (χ1) is 7.88. The molecule has 2 amide bonds. The highest BCUT2D eigenvalue weighted by Gasteiger charge is 2.59. The molecule has 2 aliphatic carbocycles. The molecule has 17 heavy (non-hydrogen) atoms. The van der Waals surface area contributed by atoms with E-state index in [0.29, 0.717) is 6.54 Å². The SMILES string of the molecule is CC(C)(N)CN1C(=O)C2C3C=CC(C3)C2C1=O. The Bertz CT molecular complexity index is 392. The van der Waals surface area contributed by atoms with E-state index in [9.17, 15) is 9.59 Å². The lowest BCUT2D eigenvalue weighted by molar-refractivity contribution is -0.141. The highest BCUT2D eigenvalue weighted by atomic mass is 16.2. The summed E-state index contributed by atoms with van der Waals surface area (Å²) in [6.45, 7) is 4.01. The highest BCUT2D eigenvalue weighted by Crippen LogP contribution is 2.52. The number of nitrogens with zero attached hydrogens (tertiary/aromatic N) is 1. The van der Waals surface area contributed by atoms with Gasteiger partial charge >= 0.3 is 0 Å². The second-order valence-electron chi connectivity index (χ2n) is 6.25. The van der Waals surface area contributed by atoms with E-state index in [1.165, 1.54) is 4.90 Å². The molecule has 4 unspecified atom stereocenters. The lowest BCUT2D eigenvalue weighted by atomic mass is 9.85. The van der Waals surface area contributed by atoms with Crippen LogP contribution in [0.15, 0.2) is 12.2 Å². The molecule has 0 aromatic carbocycles. The summed E-state index contributed by atoms with van der Waals surface area (Å²) in [4.78, 5) is 26.0. The summed E-state index contributed by atoms with van der Waals surface area (Å²) < 4.78 is 0. The number of carbonyl (C=O) groups excluding carboxylic acids is 2. The van der Waals surface area contributed by atoms with Crippen LogP contribution >= 0.6 is 0 Å². The third-order valence-electron chi connectivity index (χ3n) is 4.13. The van der Waals surface area contributed by atoms with Crippen molar-refractivity contribution in [2.24, 2.45) is 29.4 Å². The van der Waals surface area contributed by atoms with Crippen molar-refractivity contribution in [2.45, 2.75) is 25.8 Å². The van der Waals surface area contributed by atoms with E-state index in [-0.39, 0.29) is 35.5 Å². The van der Waals surface area contributed by atoms with Gasteiger partial charge in [0.1, 0.15) is 0 Å². The summed E-state index contributed by atoms with van der Waals surface area (Å²) in [5.41, 5.74) is 5.40. The van der Waals surface area contributed by atoms with Crippen molar-refractivity contribution in [3.05, 3.63) is 12.2 Å². The predicted molar refractivity (Wildman–Crippen MR) is 62.7 cm³/mol. The highest BCUT2D eigenvalue weighted by molar-refractivity contribution is 6.06. The number of hydrogen-bond donors (Lipinski definition) is 1. The van der Waals surface area contributed by atoms with Crippen LogP contribution in [0.3, 0.4) is 0 Å². The summed E-state index contributed by atoms with van der Waals surface area (Å²) in [7, 11) is 0. The van der Waals surface area contributed by atoms with Gasteiger partial charge in [0.15, 0.2) is 0 Å². The molecule has 3 aliphatic rings. The normalized spacial score (nSPS) is 39.4. The molecule has 2 fully saturated rings. The van der Waals surface area contributed by atoms with Crippen LogP contribution in [0.4, 0.5) is 0 Å². The van der Waals surface area contributed by atoms with Crippen molar-refractivity contribution in [1.29, 1.82) is 0 Å². The van der Waals surface area contributed by atoms with E-state index >= 15 is 0 Å². The average Bonchev–Trinajstić information content (AvgIpc) is 2.86. The standard InChI is InChI=1S/C13H18N2O2/c1-13(2,14)6-15-11(16)9-7-3-4-8(5-7)10(9)12(15)17/h3-4,7-10H,5-6,14H2,1-2H3. The molecule has 2 bridgehead atoms. The first-order valence-electron chi connectivity index (χ1n) is 6.21. The van der Waals surface area contributed by atoms with Crippen LogP contribution in [-0.4, -0.2) is 28.8 Å². The van der Waals surface area contributed by atoms with Crippen LogP contribution in [0.2, 0.25) is 0 Å². The second-order valence-corrected chi connectivity index (χ2v) is 6.25. The molecular weight excluding hydrogens is 216 g/mol. The maximum Gasteiger partial charge on any atom is 0.233 e. The van der Waals surface area contributed by atoms with Crippen molar-refractivity contribution in [3.8, 4) is 0 Å². The minimum absolute atomic E-state index is 0.00428. The number of nitrogens with two attached hydrogens (primary N) is 1. The van der Waals surface area contributed by atoms with Crippen molar-refractivity contribution in [1.82, 2.24) is 4.90 Å². The van der Waals surface area contributed by atoms with Crippen molar-refractivity contribution >= 4 is 11.8 Å². The minimum atomic E-state index is -0.517. The molecule has 3 rings (SSSR count). The van der Waals surface area contributed by atoms with Crippen LogP contribution in [0.25, 0.3) is 0 Å². The number of hydrogen-bond acceptors (Lipinski definition) is 3. The molecule has 0 aromatic rings. The van der Waals surface area contributed by atoms with Gasteiger partial charge in [0, 0.05) is 12.1 Å². The number of imide groups is 1. The molecule has 2 N–H and O–H groups in total. The lowest BCUT2D eigenvalue weighted by Gasteiger charge is -2.26. The Kier molecular flexibility index (Phi) is 2.06. The minimum Gasteiger partial charge on any atom is -0.324 e. The fraction of sp³-hybridized carbons (Fsp3) is 0.692. The van der Waals surface area contributed by atoms with E-state index in [0.717, 1.165) is 6.42 Å². The Morgan fingerprint density at radius 2 is 1.71 bits per heavy atom. The van der Waals surface area contributed by atoms with Crippen LogP contribution in [0, 0.1) is 23.7 Å². The summed E-state index contributed by atoms with van der Waals surface area (Å²) in [6, 6.07) is 0. The zero-order chi connectivity index (χ0) is 12.4. The van der Waals surface area contributed by atoms with Crippen LogP contribution in [0.1, 0.15) is 20.3 Å². The Hall–Kier alpha value is -1.16. The van der Waals surface area contributed by atoms with Gasteiger partial charge in [-0.3, -0.25) is 14.5 Å². The number of rotatable bonds is 2. The topological polar surface area (TPSA) is 63.4 Å². The van der Waals surface area contributed by atoms with Gasteiger partial charge in [0.2, 0.25) is 11.8 Å². The van der Waals surface area contributed by atoms with E-state index in [1.807, 2.05) is 13.8 Å². The van der Waals surface area contributed by atoms with Gasteiger partial charge in [-0.2, -0.15) is 0 Å². The zero-order valence-corrected chi connectivity index (χ0v) is 10.2. The first-order valence-corrected chi connectivity index (χ1v) is 6.21. The molecule has 1 saturated heterocycles. The molecule has 0 radical (unpaired) electrons. The van der Waals surface area contributed by atoms with Gasteiger partial charge in [0.25, 0.3) is 0 Å². The molecular formula is C13H18N2O2. The summed E-state index contributed by atoms with van der Waals surface area (Å²) >= 11 is 0. The number of fused-ring (bicyclic) bond motifs is 5. The van der Waals surface area contributed by atoms with Gasteiger partial charge in [-0.05, 0) is 32.1 Å². The average molecular weight is 234 g/mol. The molecule has 92 valence electrons. The van der Waals surface area contributed by atoms with Crippen LogP contribution in [0.5, 0.6) is 0 Å². The van der Waals surface area contributed by atoms with Gasteiger partial charge < -0.3 is 5.73 Å². The maximum atomic E-state index is 12.3. The Labute approximate surface area is 101 Å².